The summed E-state index contributed by atoms with van der Waals surface area (Å²) in [5.41, 5.74) is 2.26. The van der Waals surface area contributed by atoms with E-state index in [1.54, 1.807) is 49.7 Å². The van der Waals surface area contributed by atoms with E-state index in [4.69, 9.17) is 9.47 Å². The molecule has 1 aliphatic heterocycles. The molecule has 0 radical (unpaired) electrons. The van der Waals surface area contributed by atoms with Crippen LogP contribution in [0.15, 0.2) is 42.7 Å². The van der Waals surface area contributed by atoms with Crippen molar-refractivity contribution in [3.05, 3.63) is 53.9 Å². The fourth-order valence-electron chi connectivity index (χ4n) is 4.32. The lowest BCUT2D eigenvalue weighted by Crippen LogP contribution is -2.46. The van der Waals surface area contributed by atoms with E-state index in [0.717, 1.165) is 19.5 Å². The third-order valence-electron chi connectivity index (χ3n) is 6.47. The number of ether oxygens (including phenoxy) is 2. The van der Waals surface area contributed by atoms with Crippen LogP contribution in [0.3, 0.4) is 0 Å². The number of nitrogens with zero attached hydrogens (tertiary/aromatic N) is 3. The molecule has 0 fully saturated rings. The SMILES string of the molecule is CCCC(=O)Nc1ccc2c(c1)OC[C@@H](C)N(Cc1ccncc1)C[C@@H](C)[C@H](OC)CN(C)C2=O. The zero-order valence-electron chi connectivity index (χ0n) is 21.5. The van der Waals surface area contributed by atoms with E-state index in [9.17, 15) is 9.59 Å². The van der Waals surface area contributed by atoms with Gasteiger partial charge in [0.15, 0.2) is 0 Å². The Morgan fingerprint density at radius 2 is 1.94 bits per heavy atom. The topological polar surface area (TPSA) is 84.0 Å². The van der Waals surface area contributed by atoms with E-state index in [1.807, 2.05) is 19.1 Å². The molecule has 1 aromatic carbocycles. The Morgan fingerprint density at radius 1 is 1.20 bits per heavy atom. The maximum Gasteiger partial charge on any atom is 0.257 e. The van der Waals surface area contributed by atoms with Crippen molar-refractivity contribution in [1.82, 2.24) is 14.8 Å². The van der Waals surface area contributed by atoms with Crippen LogP contribution in [-0.4, -0.2) is 72.6 Å². The van der Waals surface area contributed by atoms with Gasteiger partial charge in [-0.2, -0.15) is 0 Å². The summed E-state index contributed by atoms with van der Waals surface area (Å²) in [6, 6.07) is 9.34. The number of fused-ring (bicyclic) bond motifs is 1. The van der Waals surface area contributed by atoms with Crippen LogP contribution >= 0.6 is 0 Å². The highest BCUT2D eigenvalue weighted by Crippen LogP contribution is 2.27. The standard InChI is InChI=1S/C27H38N4O4/c1-6-7-26(32)29-22-8-9-23-24(14-22)35-18-20(3)31(16-21-10-12-28-13-11-21)15-19(2)25(34-5)17-30(4)27(23)33/h8-14,19-20,25H,6-7,15-18H2,1-5H3,(H,29,32)/t19-,20-,25-/m1/s1. The van der Waals surface area contributed by atoms with Crippen LogP contribution in [0.5, 0.6) is 5.75 Å². The summed E-state index contributed by atoms with van der Waals surface area (Å²) >= 11 is 0. The Balaban J connectivity index is 1.92. The highest BCUT2D eigenvalue weighted by molar-refractivity contribution is 5.98. The van der Waals surface area contributed by atoms with E-state index in [-0.39, 0.29) is 29.9 Å². The van der Waals surface area contributed by atoms with Crippen molar-refractivity contribution in [2.45, 2.75) is 52.3 Å². The molecule has 3 rings (SSSR count). The second-order valence-corrected chi connectivity index (χ2v) is 9.39. The number of anilines is 1. The van der Waals surface area contributed by atoms with Gasteiger partial charge in [0.05, 0.1) is 11.7 Å². The van der Waals surface area contributed by atoms with Crippen molar-refractivity contribution in [3.8, 4) is 5.75 Å². The van der Waals surface area contributed by atoms with Crippen LogP contribution in [0.25, 0.3) is 0 Å². The number of hydrogen-bond donors (Lipinski definition) is 1. The zero-order valence-corrected chi connectivity index (χ0v) is 21.5. The summed E-state index contributed by atoms with van der Waals surface area (Å²) in [6.07, 6.45) is 4.70. The average molecular weight is 483 g/mol. The van der Waals surface area contributed by atoms with E-state index in [0.29, 0.717) is 36.6 Å². The number of carbonyl (C=O) groups is 2. The molecule has 0 spiro atoms. The monoisotopic (exact) mass is 482 g/mol. The molecule has 190 valence electrons. The number of pyridine rings is 1. The van der Waals surface area contributed by atoms with E-state index >= 15 is 0 Å². The van der Waals surface area contributed by atoms with Crippen molar-refractivity contribution in [2.75, 3.05) is 39.2 Å². The minimum absolute atomic E-state index is 0.0575. The molecule has 0 saturated carbocycles. The lowest BCUT2D eigenvalue weighted by atomic mass is 10.0. The molecule has 35 heavy (non-hydrogen) atoms. The Bertz CT molecular complexity index is 984. The lowest BCUT2D eigenvalue weighted by molar-refractivity contribution is -0.116. The first-order valence-corrected chi connectivity index (χ1v) is 12.3. The summed E-state index contributed by atoms with van der Waals surface area (Å²) < 4.78 is 12.1. The van der Waals surface area contributed by atoms with Crippen molar-refractivity contribution in [1.29, 1.82) is 0 Å². The molecule has 1 N–H and O–H groups in total. The molecular weight excluding hydrogens is 444 g/mol. The molecule has 0 aliphatic carbocycles. The van der Waals surface area contributed by atoms with E-state index in [1.165, 1.54) is 5.56 Å². The molecule has 2 amide bonds. The van der Waals surface area contributed by atoms with Gasteiger partial charge in [0, 0.05) is 70.4 Å². The predicted octanol–water partition coefficient (Wildman–Crippen LogP) is 3.83. The average Bonchev–Trinajstić information content (AvgIpc) is 2.85. The minimum Gasteiger partial charge on any atom is -0.491 e. The quantitative estimate of drug-likeness (QED) is 0.674. The summed E-state index contributed by atoms with van der Waals surface area (Å²) in [5, 5.41) is 2.90. The fourth-order valence-corrected chi connectivity index (χ4v) is 4.32. The Hall–Kier alpha value is -2.97. The molecule has 1 aromatic heterocycles. The summed E-state index contributed by atoms with van der Waals surface area (Å²) in [7, 11) is 3.48. The second-order valence-electron chi connectivity index (χ2n) is 9.39. The first-order valence-electron chi connectivity index (χ1n) is 12.3. The van der Waals surface area contributed by atoms with E-state index in [2.05, 4.69) is 29.0 Å². The van der Waals surface area contributed by atoms with Crippen LogP contribution in [0.2, 0.25) is 0 Å². The van der Waals surface area contributed by atoms with Crippen LogP contribution in [-0.2, 0) is 16.1 Å². The molecule has 2 aromatic rings. The fraction of sp³-hybridized carbons (Fsp3) is 0.519. The van der Waals surface area contributed by atoms with Gasteiger partial charge >= 0.3 is 0 Å². The van der Waals surface area contributed by atoms with Gasteiger partial charge in [0.1, 0.15) is 12.4 Å². The molecule has 8 heteroatoms. The molecule has 0 saturated heterocycles. The number of hydrogen-bond acceptors (Lipinski definition) is 6. The number of aromatic nitrogens is 1. The summed E-state index contributed by atoms with van der Waals surface area (Å²) in [6.45, 7) is 8.64. The van der Waals surface area contributed by atoms with Crippen LogP contribution in [0.1, 0.15) is 49.5 Å². The first-order chi connectivity index (χ1) is 16.8. The number of benzene rings is 1. The molecule has 0 unspecified atom stereocenters. The zero-order chi connectivity index (χ0) is 25.4. The van der Waals surface area contributed by atoms with Gasteiger partial charge in [0.25, 0.3) is 5.91 Å². The number of methoxy groups -OCH3 is 1. The van der Waals surface area contributed by atoms with Gasteiger partial charge in [0.2, 0.25) is 5.91 Å². The second kappa shape index (κ2) is 12.7. The lowest BCUT2D eigenvalue weighted by Gasteiger charge is -2.36. The van der Waals surface area contributed by atoms with Gasteiger partial charge < -0.3 is 19.7 Å². The number of rotatable bonds is 6. The van der Waals surface area contributed by atoms with Crippen LogP contribution in [0, 0.1) is 5.92 Å². The van der Waals surface area contributed by atoms with Crippen LogP contribution in [0.4, 0.5) is 5.69 Å². The summed E-state index contributed by atoms with van der Waals surface area (Å²) in [5.74, 6) is 0.462. The number of carbonyl (C=O) groups excluding carboxylic acids is 2. The third-order valence-corrected chi connectivity index (χ3v) is 6.47. The Kier molecular flexibility index (Phi) is 9.63. The highest BCUT2D eigenvalue weighted by atomic mass is 16.5. The molecule has 3 atom stereocenters. The summed E-state index contributed by atoms with van der Waals surface area (Å²) in [4.78, 5) is 33.6. The molecular formula is C27H38N4O4. The number of nitrogens with one attached hydrogen (secondary N) is 1. The Morgan fingerprint density at radius 3 is 2.63 bits per heavy atom. The Labute approximate surface area is 208 Å². The highest BCUT2D eigenvalue weighted by Gasteiger charge is 2.28. The maximum absolute atomic E-state index is 13.3. The van der Waals surface area contributed by atoms with Gasteiger partial charge in [-0.3, -0.25) is 19.5 Å². The normalized spacial score (nSPS) is 21.9. The number of amides is 2. The molecule has 8 nitrogen and oxygen atoms in total. The van der Waals surface area contributed by atoms with Gasteiger partial charge in [-0.15, -0.1) is 0 Å². The van der Waals surface area contributed by atoms with Gasteiger partial charge in [-0.05, 0) is 49.1 Å². The van der Waals surface area contributed by atoms with Crippen molar-refractivity contribution in [2.24, 2.45) is 5.92 Å². The van der Waals surface area contributed by atoms with Crippen molar-refractivity contribution >= 4 is 17.5 Å². The van der Waals surface area contributed by atoms with Gasteiger partial charge in [-0.1, -0.05) is 13.8 Å². The first kappa shape index (κ1) is 26.6. The largest absolute Gasteiger partial charge is 0.491 e. The van der Waals surface area contributed by atoms with Crippen LogP contribution < -0.4 is 10.1 Å². The number of likely N-dealkylation sites (N-methyl/N-ethyl adjacent to an activating group) is 1. The maximum atomic E-state index is 13.3. The van der Waals surface area contributed by atoms with E-state index < -0.39 is 0 Å². The van der Waals surface area contributed by atoms with Gasteiger partial charge in [-0.25, -0.2) is 0 Å². The minimum atomic E-state index is -0.137. The van der Waals surface area contributed by atoms with Crippen molar-refractivity contribution in [3.63, 3.8) is 0 Å². The third kappa shape index (κ3) is 7.26. The molecule has 0 bridgehead atoms. The molecule has 1 aliphatic rings. The predicted molar refractivity (Wildman–Crippen MR) is 137 cm³/mol. The molecule has 2 heterocycles. The van der Waals surface area contributed by atoms with Crippen molar-refractivity contribution < 1.29 is 19.1 Å². The smallest absolute Gasteiger partial charge is 0.257 e.